The summed E-state index contributed by atoms with van der Waals surface area (Å²) in [6.45, 7) is 0.741. The third-order valence-electron chi connectivity index (χ3n) is 1.41. The zero-order valence-corrected chi connectivity index (χ0v) is 6.38. The molecule has 4 heteroatoms. The van der Waals surface area contributed by atoms with Gasteiger partial charge in [0.2, 0.25) is 0 Å². The number of rotatable bonds is 1. The molecule has 0 aliphatic heterocycles. The average Bonchev–Trinajstić information content (AvgIpc) is 2.03. The molecule has 0 saturated heterocycles. The normalized spacial score (nSPS) is 10.8. The van der Waals surface area contributed by atoms with Crippen LogP contribution in [0.2, 0.25) is 0 Å². The lowest BCUT2D eigenvalue weighted by Gasteiger charge is -2.10. The minimum Gasteiger partial charge on any atom is -0.264 e. The van der Waals surface area contributed by atoms with Crippen LogP contribution < -0.4 is 0 Å². The minimum absolute atomic E-state index is 0.0301. The standard InChI is InChI=1S/C8H6F2N2/c1-8(9,10)7-5-12-3-2-6(7)4-11/h2-3,5H,1H3. The fourth-order valence-electron chi connectivity index (χ4n) is 0.842. The molecule has 62 valence electrons. The van der Waals surface area contributed by atoms with Crippen molar-refractivity contribution in [2.24, 2.45) is 0 Å². The van der Waals surface area contributed by atoms with Crippen molar-refractivity contribution in [2.75, 3.05) is 0 Å². The van der Waals surface area contributed by atoms with Gasteiger partial charge in [-0.25, -0.2) is 8.78 Å². The van der Waals surface area contributed by atoms with Crippen molar-refractivity contribution in [3.8, 4) is 6.07 Å². The van der Waals surface area contributed by atoms with Crippen molar-refractivity contribution in [1.82, 2.24) is 4.98 Å². The Kier molecular flexibility index (Phi) is 2.05. The first-order valence-corrected chi connectivity index (χ1v) is 3.28. The van der Waals surface area contributed by atoms with E-state index in [-0.39, 0.29) is 11.1 Å². The zero-order valence-electron chi connectivity index (χ0n) is 6.38. The fourth-order valence-corrected chi connectivity index (χ4v) is 0.842. The van der Waals surface area contributed by atoms with Crippen molar-refractivity contribution >= 4 is 0 Å². The first-order chi connectivity index (χ1) is 5.55. The molecular formula is C8H6F2N2. The minimum atomic E-state index is -3.00. The summed E-state index contributed by atoms with van der Waals surface area (Å²) in [4.78, 5) is 3.53. The topological polar surface area (TPSA) is 36.7 Å². The van der Waals surface area contributed by atoms with E-state index in [0.717, 1.165) is 13.1 Å². The third kappa shape index (κ3) is 1.56. The van der Waals surface area contributed by atoms with E-state index >= 15 is 0 Å². The maximum atomic E-state index is 12.7. The fraction of sp³-hybridized carbons (Fsp3) is 0.250. The van der Waals surface area contributed by atoms with Gasteiger partial charge in [-0.05, 0) is 6.07 Å². The lowest BCUT2D eigenvalue weighted by Crippen LogP contribution is -2.09. The third-order valence-corrected chi connectivity index (χ3v) is 1.41. The Hall–Kier alpha value is -1.50. The summed E-state index contributed by atoms with van der Waals surface area (Å²) in [6.07, 6.45) is 2.33. The monoisotopic (exact) mass is 168 g/mol. The number of hydrogen-bond acceptors (Lipinski definition) is 2. The molecule has 0 bridgehead atoms. The molecule has 0 unspecified atom stereocenters. The number of alkyl halides is 2. The largest absolute Gasteiger partial charge is 0.273 e. The van der Waals surface area contributed by atoms with Gasteiger partial charge in [-0.2, -0.15) is 5.26 Å². The Balaban J connectivity index is 3.26. The number of aromatic nitrogens is 1. The molecule has 1 aromatic heterocycles. The second kappa shape index (κ2) is 2.86. The van der Waals surface area contributed by atoms with Gasteiger partial charge < -0.3 is 0 Å². The van der Waals surface area contributed by atoms with Crippen LogP contribution in [0.1, 0.15) is 18.1 Å². The summed E-state index contributed by atoms with van der Waals surface area (Å²) < 4.78 is 25.4. The van der Waals surface area contributed by atoms with E-state index in [2.05, 4.69) is 4.98 Å². The summed E-state index contributed by atoms with van der Waals surface area (Å²) in [5.74, 6) is -3.00. The zero-order chi connectivity index (χ0) is 9.19. The molecule has 0 spiro atoms. The first kappa shape index (κ1) is 8.60. The van der Waals surface area contributed by atoms with Crippen LogP contribution in [0.4, 0.5) is 8.78 Å². The Morgan fingerprint density at radius 2 is 2.25 bits per heavy atom. The summed E-state index contributed by atoms with van der Waals surface area (Å²) in [5.41, 5.74) is -0.356. The highest BCUT2D eigenvalue weighted by Crippen LogP contribution is 2.28. The van der Waals surface area contributed by atoms with Gasteiger partial charge in [0.05, 0.1) is 17.2 Å². The molecule has 0 aliphatic carbocycles. The van der Waals surface area contributed by atoms with Crippen molar-refractivity contribution in [1.29, 1.82) is 5.26 Å². The Labute approximate surface area is 68.5 Å². The maximum Gasteiger partial charge on any atom is 0.273 e. The van der Waals surface area contributed by atoms with E-state index in [4.69, 9.17) is 5.26 Å². The molecule has 0 aliphatic rings. The molecule has 1 rings (SSSR count). The number of hydrogen-bond donors (Lipinski definition) is 0. The van der Waals surface area contributed by atoms with E-state index in [9.17, 15) is 8.78 Å². The van der Waals surface area contributed by atoms with Gasteiger partial charge in [0.15, 0.2) is 0 Å². The molecule has 0 aromatic carbocycles. The Bertz CT molecular complexity index is 323. The predicted molar refractivity (Wildman–Crippen MR) is 38.5 cm³/mol. The molecule has 1 heterocycles. The van der Waals surface area contributed by atoms with Gasteiger partial charge in [0.1, 0.15) is 0 Å². The molecule has 0 fully saturated rings. The molecule has 0 atom stereocenters. The molecule has 12 heavy (non-hydrogen) atoms. The summed E-state index contributed by atoms with van der Waals surface area (Å²) >= 11 is 0. The summed E-state index contributed by atoms with van der Waals surface area (Å²) in [5, 5.41) is 8.47. The van der Waals surface area contributed by atoms with E-state index in [0.29, 0.717) is 0 Å². The first-order valence-electron chi connectivity index (χ1n) is 3.28. The van der Waals surface area contributed by atoms with Crippen LogP contribution in [-0.2, 0) is 5.92 Å². The smallest absolute Gasteiger partial charge is 0.264 e. The van der Waals surface area contributed by atoms with Crippen LogP contribution in [0, 0.1) is 11.3 Å². The van der Waals surface area contributed by atoms with Gasteiger partial charge in [-0.3, -0.25) is 4.98 Å². The van der Waals surface area contributed by atoms with Crippen molar-refractivity contribution < 1.29 is 8.78 Å². The molecular weight excluding hydrogens is 162 g/mol. The van der Waals surface area contributed by atoms with Gasteiger partial charge in [-0.1, -0.05) is 0 Å². The van der Waals surface area contributed by atoms with Gasteiger partial charge in [0, 0.05) is 19.3 Å². The SMILES string of the molecule is CC(F)(F)c1cnccc1C#N. The molecule has 1 aromatic rings. The summed E-state index contributed by atoms with van der Waals surface area (Å²) in [6, 6.07) is 2.95. The van der Waals surface area contributed by atoms with Crippen LogP contribution >= 0.6 is 0 Å². The van der Waals surface area contributed by atoms with Crippen LogP contribution in [0.15, 0.2) is 18.5 Å². The van der Waals surface area contributed by atoms with E-state index in [1.807, 2.05) is 0 Å². The quantitative estimate of drug-likeness (QED) is 0.643. The predicted octanol–water partition coefficient (Wildman–Crippen LogP) is 2.06. The van der Waals surface area contributed by atoms with E-state index in [1.54, 1.807) is 6.07 Å². The number of nitrogens with zero attached hydrogens (tertiary/aromatic N) is 2. The van der Waals surface area contributed by atoms with E-state index in [1.165, 1.54) is 12.3 Å². The van der Waals surface area contributed by atoms with Gasteiger partial charge in [-0.15, -0.1) is 0 Å². The second-order valence-electron chi connectivity index (χ2n) is 2.42. The molecule has 2 nitrogen and oxygen atoms in total. The van der Waals surface area contributed by atoms with Crippen LogP contribution in [0.5, 0.6) is 0 Å². The van der Waals surface area contributed by atoms with Gasteiger partial charge >= 0.3 is 0 Å². The Morgan fingerprint density at radius 3 is 2.67 bits per heavy atom. The summed E-state index contributed by atoms with van der Waals surface area (Å²) in [7, 11) is 0. The average molecular weight is 168 g/mol. The van der Waals surface area contributed by atoms with Crippen LogP contribution in [0.25, 0.3) is 0 Å². The highest BCUT2D eigenvalue weighted by Gasteiger charge is 2.27. The number of pyridine rings is 1. The van der Waals surface area contributed by atoms with E-state index < -0.39 is 5.92 Å². The highest BCUT2D eigenvalue weighted by atomic mass is 19.3. The van der Waals surface area contributed by atoms with Crippen molar-refractivity contribution in [2.45, 2.75) is 12.8 Å². The van der Waals surface area contributed by atoms with Crippen LogP contribution in [-0.4, -0.2) is 4.98 Å². The van der Waals surface area contributed by atoms with Crippen molar-refractivity contribution in [3.05, 3.63) is 29.6 Å². The molecule has 0 radical (unpaired) electrons. The second-order valence-corrected chi connectivity index (χ2v) is 2.42. The lowest BCUT2D eigenvalue weighted by atomic mass is 10.1. The van der Waals surface area contributed by atoms with Crippen molar-refractivity contribution in [3.63, 3.8) is 0 Å². The lowest BCUT2D eigenvalue weighted by molar-refractivity contribution is 0.0168. The van der Waals surface area contributed by atoms with Gasteiger partial charge in [0.25, 0.3) is 5.92 Å². The number of nitriles is 1. The van der Waals surface area contributed by atoms with Crippen LogP contribution in [0.3, 0.4) is 0 Å². The highest BCUT2D eigenvalue weighted by molar-refractivity contribution is 5.37. The number of halogens is 2. The maximum absolute atomic E-state index is 12.7. The molecule has 0 amide bonds. The Morgan fingerprint density at radius 1 is 1.58 bits per heavy atom. The molecule has 0 saturated carbocycles. The molecule has 0 N–H and O–H groups in total.